The summed E-state index contributed by atoms with van der Waals surface area (Å²) in [6.45, 7) is 1.51. The molecule has 1 aromatic rings. The van der Waals surface area contributed by atoms with Crippen LogP contribution in [0.2, 0.25) is 0 Å². The maximum absolute atomic E-state index is 12.1. The third-order valence-electron chi connectivity index (χ3n) is 4.05. The molecule has 24 heavy (non-hydrogen) atoms. The zero-order valence-corrected chi connectivity index (χ0v) is 14.3. The molecule has 1 atom stereocenters. The first-order valence-electron chi connectivity index (χ1n) is 7.91. The number of esters is 1. The van der Waals surface area contributed by atoms with Gasteiger partial charge in [0, 0.05) is 5.69 Å². The van der Waals surface area contributed by atoms with E-state index in [-0.39, 0.29) is 16.8 Å². The van der Waals surface area contributed by atoms with Crippen LogP contribution in [-0.4, -0.2) is 26.4 Å². The summed E-state index contributed by atoms with van der Waals surface area (Å²) in [5, 5.41) is 7.59. The minimum Gasteiger partial charge on any atom is -0.452 e. The predicted octanol–water partition coefficient (Wildman–Crippen LogP) is 1.78. The Bertz CT molecular complexity index is 694. The lowest BCUT2D eigenvalue weighted by Crippen LogP contribution is -2.32. The van der Waals surface area contributed by atoms with E-state index in [1.165, 1.54) is 31.2 Å². The van der Waals surface area contributed by atoms with Crippen molar-refractivity contribution in [1.29, 1.82) is 0 Å². The first kappa shape index (κ1) is 18.4. The van der Waals surface area contributed by atoms with Gasteiger partial charge >= 0.3 is 5.97 Å². The van der Waals surface area contributed by atoms with E-state index in [4.69, 9.17) is 9.88 Å². The van der Waals surface area contributed by atoms with Gasteiger partial charge in [0.2, 0.25) is 10.0 Å². The second-order valence-electron chi connectivity index (χ2n) is 5.97. The Morgan fingerprint density at radius 3 is 2.29 bits per heavy atom. The Hall–Kier alpha value is -1.93. The van der Waals surface area contributed by atoms with Crippen LogP contribution in [0.5, 0.6) is 0 Å². The van der Waals surface area contributed by atoms with Crippen LogP contribution >= 0.6 is 0 Å². The van der Waals surface area contributed by atoms with Crippen LogP contribution < -0.4 is 10.5 Å². The van der Waals surface area contributed by atoms with E-state index in [2.05, 4.69) is 5.32 Å². The van der Waals surface area contributed by atoms with Gasteiger partial charge in [-0.25, -0.2) is 13.6 Å². The van der Waals surface area contributed by atoms with Crippen LogP contribution in [0, 0.1) is 5.92 Å². The van der Waals surface area contributed by atoms with Crippen molar-refractivity contribution < 1.29 is 22.7 Å². The van der Waals surface area contributed by atoms with Crippen molar-refractivity contribution in [2.24, 2.45) is 11.1 Å². The smallest absolute Gasteiger partial charge is 0.309 e. The molecule has 0 aliphatic heterocycles. The molecule has 3 N–H and O–H groups in total. The number of benzene rings is 1. The fourth-order valence-electron chi connectivity index (χ4n) is 2.63. The van der Waals surface area contributed by atoms with Crippen LogP contribution in [0.1, 0.15) is 39.0 Å². The first-order valence-corrected chi connectivity index (χ1v) is 9.46. The van der Waals surface area contributed by atoms with E-state index in [9.17, 15) is 18.0 Å². The number of carbonyl (C=O) groups excluding carboxylic acids is 2. The number of anilines is 1. The molecular weight excluding hydrogens is 332 g/mol. The maximum atomic E-state index is 12.1. The lowest BCUT2D eigenvalue weighted by Gasteiger charge is -2.22. The molecule has 0 aromatic heterocycles. The molecule has 1 aliphatic rings. The molecule has 7 nitrogen and oxygen atoms in total. The number of carbonyl (C=O) groups is 2. The summed E-state index contributed by atoms with van der Waals surface area (Å²) >= 11 is 0. The summed E-state index contributed by atoms with van der Waals surface area (Å²) in [7, 11) is -3.77. The van der Waals surface area contributed by atoms with Gasteiger partial charge in [-0.1, -0.05) is 19.3 Å². The highest BCUT2D eigenvalue weighted by Gasteiger charge is 2.26. The number of rotatable bonds is 5. The normalized spacial score (nSPS) is 17.1. The van der Waals surface area contributed by atoms with Gasteiger partial charge in [-0.3, -0.25) is 9.59 Å². The van der Waals surface area contributed by atoms with Crippen molar-refractivity contribution in [3.05, 3.63) is 24.3 Å². The number of ether oxygens (including phenoxy) is 1. The highest BCUT2D eigenvalue weighted by atomic mass is 32.2. The number of hydrogen-bond acceptors (Lipinski definition) is 5. The summed E-state index contributed by atoms with van der Waals surface area (Å²) in [5.41, 5.74) is 0.396. The SMILES string of the molecule is C[C@@H](OC(=O)C1CCCCC1)C(=O)Nc1ccc(S(N)(=O)=O)cc1. The van der Waals surface area contributed by atoms with Crippen molar-refractivity contribution >= 4 is 27.6 Å². The maximum Gasteiger partial charge on any atom is 0.309 e. The van der Waals surface area contributed by atoms with Gasteiger partial charge in [-0.05, 0) is 44.0 Å². The Labute approximate surface area is 141 Å². The van der Waals surface area contributed by atoms with E-state index >= 15 is 0 Å². The van der Waals surface area contributed by atoms with Crippen LogP contribution in [0.4, 0.5) is 5.69 Å². The molecular formula is C16H22N2O5S. The largest absolute Gasteiger partial charge is 0.452 e. The Morgan fingerprint density at radius 2 is 1.75 bits per heavy atom. The van der Waals surface area contributed by atoms with Gasteiger partial charge < -0.3 is 10.1 Å². The van der Waals surface area contributed by atoms with Crippen molar-refractivity contribution in [3.8, 4) is 0 Å². The molecule has 1 fully saturated rings. The van der Waals surface area contributed by atoms with Gasteiger partial charge in [-0.15, -0.1) is 0 Å². The zero-order chi connectivity index (χ0) is 17.7. The van der Waals surface area contributed by atoms with Crippen molar-refractivity contribution in [1.82, 2.24) is 0 Å². The zero-order valence-electron chi connectivity index (χ0n) is 13.5. The third kappa shape index (κ3) is 5.04. The van der Waals surface area contributed by atoms with Crippen molar-refractivity contribution in [2.45, 2.75) is 50.0 Å². The number of primary sulfonamides is 1. The molecule has 1 aromatic carbocycles. The molecule has 1 aliphatic carbocycles. The monoisotopic (exact) mass is 354 g/mol. The summed E-state index contributed by atoms with van der Waals surface area (Å²) in [4.78, 5) is 24.1. The highest BCUT2D eigenvalue weighted by molar-refractivity contribution is 7.89. The van der Waals surface area contributed by atoms with Gasteiger partial charge in [-0.2, -0.15) is 0 Å². The van der Waals surface area contributed by atoms with E-state index < -0.39 is 22.0 Å². The van der Waals surface area contributed by atoms with Crippen LogP contribution in [0.15, 0.2) is 29.2 Å². The quantitative estimate of drug-likeness (QED) is 0.782. The Morgan fingerprint density at radius 1 is 1.17 bits per heavy atom. The van der Waals surface area contributed by atoms with Gasteiger partial charge in [0.15, 0.2) is 6.10 Å². The van der Waals surface area contributed by atoms with Crippen molar-refractivity contribution in [2.75, 3.05) is 5.32 Å². The molecule has 1 amide bonds. The van der Waals surface area contributed by atoms with E-state index in [1.54, 1.807) is 0 Å². The average molecular weight is 354 g/mol. The minimum atomic E-state index is -3.77. The summed E-state index contributed by atoms with van der Waals surface area (Å²) in [6.07, 6.45) is 3.85. The predicted molar refractivity (Wildman–Crippen MR) is 88.6 cm³/mol. The lowest BCUT2D eigenvalue weighted by atomic mass is 9.89. The second-order valence-corrected chi connectivity index (χ2v) is 7.53. The minimum absolute atomic E-state index is 0.0442. The average Bonchev–Trinajstić information content (AvgIpc) is 2.55. The van der Waals surface area contributed by atoms with Crippen molar-refractivity contribution in [3.63, 3.8) is 0 Å². The molecule has 0 saturated heterocycles. The Kier molecular flexibility index (Phi) is 5.95. The van der Waals surface area contributed by atoms with Crippen LogP contribution in [-0.2, 0) is 24.3 Å². The number of sulfonamides is 1. The Balaban J connectivity index is 1.90. The van der Waals surface area contributed by atoms with E-state index in [1.807, 2.05) is 0 Å². The first-order chi connectivity index (χ1) is 11.3. The molecule has 0 heterocycles. The standard InChI is InChI=1S/C16H22N2O5S/c1-11(23-16(20)12-5-3-2-4-6-12)15(19)18-13-7-9-14(10-8-13)24(17,21)22/h7-12H,2-6H2,1H3,(H,18,19)(H2,17,21,22)/t11-/m1/s1. The fraction of sp³-hybridized carbons (Fsp3) is 0.500. The third-order valence-corrected chi connectivity index (χ3v) is 4.98. The molecule has 0 unspecified atom stereocenters. The number of amides is 1. The van der Waals surface area contributed by atoms with E-state index in [0.29, 0.717) is 5.69 Å². The molecule has 0 radical (unpaired) electrons. The summed E-state index contributed by atoms with van der Waals surface area (Å²) < 4.78 is 27.6. The number of nitrogens with two attached hydrogens (primary N) is 1. The summed E-state index contributed by atoms with van der Waals surface area (Å²) in [5.74, 6) is -0.924. The lowest BCUT2D eigenvalue weighted by molar-refractivity contribution is -0.158. The topological polar surface area (TPSA) is 116 Å². The van der Waals surface area contributed by atoms with Crippen LogP contribution in [0.25, 0.3) is 0 Å². The molecule has 0 spiro atoms. The van der Waals surface area contributed by atoms with Crippen LogP contribution in [0.3, 0.4) is 0 Å². The summed E-state index contributed by atoms with van der Waals surface area (Å²) in [6, 6.07) is 5.44. The molecule has 132 valence electrons. The van der Waals surface area contributed by atoms with E-state index in [0.717, 1.165) is 32.1 Å². The highest BCUT2D eigenvalue weighted by Crippen LogP contribution is 2.25. The van der Waals surface area contributed by atoms with Gasteiger partial charge in [0.05, 0.1) is 10.8 Å². The second kappa shape index (κ2) is 7.76. The molecule has 0 bridgehead atoms. The number of hydrogen-bond donors (Lipinski definition) is 2. The van der Waals surface area contributed by atoms with Gasteiger partial charge in [0.1, 0.15) is 0 Å². The molecule has 1 saturated carbocycles. The number of nitrogens with one attached hydrogen (secondary N) is 1. The van der Waals surface area contributed by atoms with Gasteiger partial charge in [0.25, 0.3) is 5.91 Å². The molecule has 2 rings (SSSR count). The fourth-order valence-corrected chi connectivity index (χ4v) is 3.15. The molecule has 8 heteroatoms.